The van der Waals surface area contributed by atoms with Crippen LogP contribution in [0.1, 0.15) is 0 Å². The number of pyridine rings is 1. The first kappa shape index (κ1) is 17.9. The molecule has 0 aliphatic carbocycles. The molecular formula is C21H18N2O5. The zero-order valence-corrected chi connectivity index (χ0v) is 15.5. The molecule has 0 unspecified atom stereocenters. The number of hydrogen-bond donors (Lipinski definition) is 0. The predicted molar refractivity (Wildman–Crippen MR) is 104 cm³/mol. The van der Waals surface area contributed by atoms with Crippen molar-refractivity contribution in [3.05, 3.63) is 59.8 Å². The van der Waals surface area contributed by atoms with Crippen molar-refractivity contribution in [2.24, 2.45) is 0 Å². The van der Waals surface area contributed by atoms with Gasteiger partial charge in [-0.15, -0.1) is 0 Å². The molecule has 0 spiro atoms. The summed E-state index contributed by atoms with van der Waals surface area (Å²) >= 11 is 0. The first-order valence-electron chi connectivity index (χ1n) is 8.68. The van der Waals surface area contributed by atoms with Crippen LogP contribution in [0.25, 0.3) is 21.8 Å². The Balaban J connectivity index is 2.07. The van der Waals surface area contributed by atoms with Gasteiger partial charge < -0.3 is 19.1 Å². The number of carbonyl (C=O) groups excluding carboxylic acids is 2. The summed E-state index contributed by atoms with van der Waals surface area (Å²) in [5.41, 5.74) is 2.49. The second-order valence-electron chi connectivity index (χ2n) is 6.21. The predicted octanol–water partition coefficient (Wildman–Crippen LogP) is 2.78. The average molecular weight is 378 g/mol. The Kier molecular flexibility index (Phi) is 4.67. The van der Waals surface area contributed by atoms with Gasteiger partial charge in [0.2, 0.25) is 0 Å². The van der Waals surface area contributed by atoms with E-state index in [1.807, 2.05) is 48.5 Å². The molecule has 2 heterocycles. The molecule has 7 heteroatoms. The Bertz CT molecular complexity index is 1070. The number of hydrogen-bond acceptors (Lipinski definition) is 7. The van der Waals surface area contributed by atoms with E-state index in [2.05, 4.69) is 0 Å². The van der Waals surface area contributed by atoms with Crippen LogP contribution in [0.2, 0.25) is 0 Å². The number of benzene rings is 2. The van der Waals surface area contributed by atoms with Crippen LogP contribution in [0.5, 0.6) is 0 Å². The smallest absolute Gasteiger partial charge is 0.355 e. The number of para-hydroxylation sites is 2. The van der Waals surface area contributed by atoms with Crippen molar-refractivity contribution in [3.63, 3.8) is 0 Å². The maximum Gasteiger partial charge on any atom is 0.355 e. The largest absolute Gasteiger partial charge is 0.466 e. The highest BCUT2D eigenvalue weighted by atomic mass is 16.5. The molecule has 0 bridgehead atoms. The summed E-state index contributed by atoms with van der Waals surface area (Å²) in [4.78, 5) is 31.3. The SMILES string of the molecule is COC(=O)C1=C(C(=O)OC)N(c2c3ccccc3nc3ccccc23)COC1. The Morgan fingerprint density at radius 2 is 1.50 bits per heavy atom. The number of rotatable bonds is 3. The number of anilines is 1. The third-order valence-electron chi connectivity index (χ3n) is 4.66. The van der Waals surface area contributed by atoms with Crippen molar-refractivity contribution in [1.29, 1.82) is 0 Å². The molecule has 28 heavy (non-hydrogen) atoms. The van der Waals surface area contributed by atoms with Gasteiger partial charge in [-0.3, -0.25) is 0 Å². The highest BCUT2D eigenvalue weighted by Crippen LogP contribution is 2.37. The van der Waals surface area contributed by atoms with E-state index in [1.165, 1.54) is 14.2 Å². The molecule has 4 rings (SSSR count). The molecule has 0 fully saturated rings. The minimum absolute atomic E-state index is 0.0332. The topological polar surface area (TPSA) is 78.0 Å². The quantitative estimate of drug-likeness (QED) is 0.512. The number of methoxy groups -OCH3 is 2. The Hall–Kier alpha value is -3.45. The second-order valence-corrected chi connectivity index (χ2v) is 6.21. The van der Waals surface area contributed by atoms with Crippen LogP contribution in [0.4, 0.5) is 5.69 Å². The van der Waals surface area contributed by atoms with Gasteiger partial charge >= 0.3 is 11.9 Å². The van der Waals surface area contributed by atoms with Crippen LogP contribution in [0.3, 0.4) is 0 Å². The van der Waals surface area contributed by atoms with Gasteiger partial charge in [0.05, 0.1) is 43.1 Å². The minimum Gasteiger partial charge on any atom is -0.466 e. The summed E-state index contributed by atoms with van der Waals surface area (Å²) < 4.78 is 15.5. The molecular weight excluding hydrogens is 360 g/mol. The third-order valence-corrected chi connectivity index (χ3v) is 4.66. The molecule has 0 saturated heterocycles. The average Bonchev–Trinajstić information content (AvgIpc) is 2.75. The van der Waals surface area contributed by atoms with Gasteiger partial charge in [-0.05, 0) is 12.1 Å². The van der Waals surface area contributed by atoms with E-state index < -0.39 is 11.9 Å². The van der Waals surface area contributed by atoms with Crippen molar-refractivity contribution < 1.29 is 23.8 Å². The lowest BCUT2D eigenvalue weighted by molar-refractivity contribution is -0.140. The highest BCUT2D eigenvalue weighted by molar-refractivity contribution is 6.12. The van der Waals surface area contributed by atoms with Crippen molar-refractivity contribution in [3.8, 4) is 0 Å². The summed E-state index contributed by atoms with van der Waals surface area (Å²) in [5, 5.41) is 1.66. The van der Waals surface area contributed by atoms with Gasteiger partial charge in [0.15, 0.2) is 0 Å². The Morgan fingerprint density at radius 3 is 2.07 bits per heavy atom. The van der Waals surface area contributed by atoms with Crippen molar-refractivity contribution in [2.75, 3.05) is 32.5 Å². The molecule has 0 saturated carbocycles. The maximum absolute atomic E-state index is 12.7. The number of esters is 2. The monoisotopic (exact) mass is 378 g/mol. The second kappa shape index (κ2) is 7.28. The summed E-state index contributed by atoms with van der Waals surface area (Å²) in [6, 6.07) is 15.2. The van der Waals surface area contributed by atoms with Crippen LogP contribution >= 0.6 is 0 Å². The van der Waals surface area contributed by atoms with Crippen LogP contribution in [0, 0.1) is 0 Å². The Morgan fingerprint density at radius 1 is 0.929 bits per heavy atom. The van der Waals surface area contributed by atoms with E-state index >= 15 is 0 Å². The molecule has 0 radical (unpaired) electrons. The fraction of sp³-hybridized carbons (Fsp3) is 0.190. The minimum atomic E-state index is -0.632. The van der Waals surface area contributed by atoms with Gasteiger partial charge in [0.1, 0.15) is 12.4 Å². The van der Waals surface area contributed by atoms with E-state index in [1.54, 1.807) is 4.90 Å². The van der Waals surface area contributed by atoms with E-state index in [0.717, 1.165) is 27.5 Å². The van der Waals surface area contributed by atoms with Crippen LogP contribution in [0.15, 0.2) is 59.8 Å². The lowest BCUT2D eigenvalue weighted by Crippen LogP contribution is -2.39. The number of aromatic nitrogens is 1. The third kappa shape index (κ3) is 2.86. The summed E-state index contributed by atoms with van der Waals surface area (Å²) in [6.07, 6.45) is 0. The molecule has 2 aromatic carbocycles. The van der Waals surface area contributed by atoms with Crippen molar-refractivity contribution in [1.82, 2.24) is 4.98 Å². The van der Waals surface area contributed by atoms with E-state index in [-0.39, 0.29) is 24.6 Å². The summed E-state index contributed by atoms with van der Waals surface area (Å²) in [6.45, 7) is 0.0531. The molecule has 0 N–H and O–H groups in total. The summed E-state index contributed by atoms with van der Waals surface area (Å²) in [5.74, 6) is -1.26. The van der Waals surface area contributed by atoms with Gasteiger partial charge in [0, 0.05) is 10.8 Å². The van der Waals surface area contributed by atoms with Crippen LogP contribution in [-0.2, 0) is 23.8 Å². The number of ether oxygens (including phenoxy) is 3. The molecule has 1 aliphatic rings. The van der Waals surface area contributed by atoms with Crippen LogP contribution in [-0.4, -0.2) is 44.5 Å². The molecule has 1 aliphatic heterocycles. The molecule has 0 atom stereocenters. The van der Waals surface area contributed by atoms with Gasteiger partial charge in [-0.1, -0.05) is 36.4 Å². The zero-order valence-electron chi connectivity index (χ0n) is 15.5. The van der Waals surface area contributed by atoms with Crippen molar-refractivity contribution >= 4 is 39.4 Å². The van der Waals surface area contributed by atoms with E-state index in [9.17, 15) is 9.59 Å². The highest BCUT2D eigenvalue weighted by Gasteiger charge is 2.34. The number of fused-ring (bicyclic) bond motifs is 2. The fourth-order valence-corrected chi connectivity index (χ4v) is 3.43. The van der Waals surface area contributed by atoms with E-state index in [4.69, 9.17) is 19.2 Å². The van der Waals surface area contributed by atoms with Crippen molar-refractivity contribution in [2.45, 2.75) is 0 Å². The lowest BCUT2D eigenvalue weighted by Gasteiger charge is -2.32. The number of carbonyl (C=O) groups is 2. The molecule has 7 nitrogen and oxygen atoms in total. The normalized spacial score (nSPS) is 14.4. The molecule has 0 amide bonds. The fourth-order valence-electron chi connectivity index (χ4n) is 3.43. The van der Waals surface area contributed by atoms with Crippen LogP contribution < -0.4 is 4.90 Å². The number of nitrogens with zero attached hydrogens (tertiary/aromatic N) is 2. The summed E-state index contributed by atoms with van der Waals surface area (Å²) in [7, 11) is 2.54. The molecule has 142 valence electrons. The lowest BCUT2D eigenvalue weighted by atomic mass is 10.0. The van der Waals surface area contributed by atoms with E-state index in [0.29, 0.717) is 0 Å². The molecule has 1 aromatic heterocycles. The van der Waals surface area contributed by atoms with Gasteiger partial charge in [0.25, 0.3) is 0 Å². The Labute approximate surface area is 161 Å². The molecule has 3 aromatic rings. The maximum atomic E-state index is 12.7. The zero-order chi connectivity index (χ0) is 19.7. The van der Waals surface area contributed by atoms with Gasteiger partial charge in [-0.2, -0.15) is 0 Å². The first-order valence-corrected chi connectivity index (χ1v) is 8.68. The standard InChI is InChI=1S/C21H18N2O5/c1-26-20(24)15-11-28-12-23(19(15)21(25)27-2)18-13-7-3-5-9-16(13)22-17-10-6-4-8-14(17)18/h3-10H,11-12H2,1-2H3. The first-order chi connectivity index (χ1) is 13.7. The van der Waals surface area contributed by atoms with Gasteiger partial charge in [-0.25, -0.2) is 14.6 Å².